The van der Waals surface area contributed by atoms with Crippen molar-refractivity contribution in [3.8, 4) is 17.2 Å². The van der Waals surface area contributed by atoms with Gasteiger partial charge in [-0.15, -0.1) is 0 Å². The summed E-state index contributed by atoms with van der Waals surface area (Å²) in [6, 6.07) is 12.9. The van der Waals surface area contributed by atoms with Crippen LogP contribution in [0.2, 0.25) is 5.02 Å². The van der Waals surface area contributed by atoms with E-state index >= 15 is 0 Å². The number of ether oxygens (including phenoxy) is 3. The Morgan fingerprint density at radius 3 is 2.50 bits per heavy atom. The monoisotopic (exact) mass is 394 g/mol. The van der Waals surface area contributed by atoms with Crippen LogP contribution in [0.1, 0.15) is 19.3 Å². The van der Waals surface area contributed by atoms with Gasteiger partial charge in [-0.25, -0.2) is 0 Å². The molecule has 140 valence electrons. The molecule has 7 heteroatoms. The van der Waals surface area contributed by atoms with E-state index in [2.05, 4.69) is 5.32 Å². The van der Waals surface area contributed by atoms with Gasteiger partial charge in [-0.05, 0) is 55.7 Å². The number of unbranched alkanes of at least 4 members (excludes halogenated alkanes) is 2. The second-order valence-corrected chi connectivity index (χ2v) is 6.42. The Kier molecular flexibility index (Phi) is 8.31. The molecular formula is C19H23ClN2O3S. The van der Waals surface area contributed by atoms with Gasteiger partial charge in [-0.2, -0.15) is 0 Å². The van der Waals surface area contributed by atoms with Gasteiger partial charge in [0.05, 0.1) is 25.3 Å². The highest BCUT2D eigenvalue weighted by molar-refractivity contribution is 7.80. The second kappa shape index (κ2) is 10.7. The van der Waals surface area contributed by atoms with Crippen molar-refractivity contribution in [3.05, 3.63) is 47.5 Å². The van der Waals surface area contributed by atoms with Crippen molar-refractivity contribution in [1.82, 2.24) is 0 Å². The summed E-state index contributed by atoms with van der Waals surface area (Å²) >= 11 is 11.0. The van der Waals surface area contributed by atoms with Crippen LogP contribution in [0.15, 0.2) is 42.5 Å². The molecule has 0 aliphatic carbocycles. The minimum Gasteiger partial charge on any atom is -0.497 e. The minimum atomic E-state index is 0.235. The molecule has 0 bridgehead atoms. The molecule has 26 heavy (non-hydrogen) atoms. The van der Waals surface area contributed by atoms with Gasteiger partial charge in [0.2, 0.25) is 0 Å². The smallest absolute Gasteiger partial charge is 0.168 e. The van der Waals surface area contributed by atoms with Crippen molar-refractivity contribution in [2.45, 2.75) is 19.3 Å². The van der Waals surface area contributed by atoms with Crippen LogP contribution in [-0.4, -0.2) is 25.4 Å². The predicted molar refractivity (Wildman–Crippen MR) is 110 cm³/mol. The van der Waals surface area contributed by atoms with E-state index < -0.39 is 0 Å². The SMILES string of the molecule is COc1ccc(OCCCCCOc2cccc(NC(N)=S)c2)c(Cl)c1. The number of nitrogens with one attached hydrogen (secondary N) is 1. The van der Waals surface area contributed by atoms with Crippen LogP contribution in [0, 0.1) is 0 Å². The summed E-state index contributed by atoms with van der Waals surface area (Å²) in [7, 11) is 1.61. The minimum absolute atomic E-state index is 0.235. The molecule has 0 saturated heterocycles. The number of hydrogen-bond donors (Lipinski definition) is 2. The highest BCUT2D eigenvalue weighted by atomic mass is 35.5. The summed E-state index contributed by atoms with van der Waals surface area (Å²) in [5.41, 5.74) is 6.28. The lowest BCUT2D eigenvalue weighted by molar-refractivity contribution is 0.279. The molecule has 5 nitrogen and oxygen atoms in total. The average Bonchev–Trinajstić information content (AvgIpc) is 2.61. The van der Waals surface area contributed by atoms with Crippen molar-refractivity contribution >= 4 is 34.6 Å². The summed E-state index contributed by atoms with van der Waals surface area (Å²) in [4.78, 5) is 0. The van der Waals surface area contributed by atoms with E-state index in [1.54, 1.807) is 13.2 Å². The zero-order valence-electron chi connectivity index (χ0n) is 14.7. The fourth-order valence-corrected chi connectivity index (χ4v) is 2.63. The lowest BCUT2D eigenvalue weighted by Crippen LogP contribution is -2.18. The lowest BCUT2D eigenvalue weighted by Gasteiger charge is -2.10. The van der Waals surface area contributed by atoms with Crippen molar-refractivity contribution in [1.29, 1.82) is 0 Å². The first-order valence-corrected chi connectivity index (χ1v) is 9.13. The summed E-state index contributed by atoms with van der Waals surface area (Å²) in [6.07, 6.45) is 2.86. The summed E-state index contributed by atoms with van der Waals surface area (Å²) in [5, 5.41) is 3.67. The highest BCUT2D eigenvalue weighted by Crippen LogP contribution is 2.28. The molecule has 2 aromatic rings. The second-order valence-electron chi connectivity index (χ2n) is 5.57. The van der Waals surface area contributed by atoms with E-state index in [0.717, 1.165) is 30.7 Å². The normalized spacial score (nSPS) is 10.2. The van der Waals surface area contributed by atoms with Crippen LogP contribution >= 0.6 is 23.8 Å². The maximum absolute atomic E-state index is 6.14. The lowest BCUT2D eigenvalue weighted by atomic mass is 10.2. The van der Waals surface area contributed by atoms with Gasteiger partial charge in [0.25, 0.3) is 0 Å². The number of benzene rings is 2. The molecule has 0 aliphatic heterocycles. The first-order chi connectivity index (χ1) is 12.6. The van der Waals surface area contributed by atoms with Gasteiger partial charge in [0.1, 0.15) is 17.2 Å². The molecule has 3 N–H and O–H groups in total. The van der Waals surface area contributed by atoms with Gasteiger partial charge in [0.15, 0.2) is 5.11 Å². The third kappa shape index (κ3) is 6.98. The Labute approximate surface area is 164 Å². The quantitative estimate of drug-likeness (QED) is 0.452. The zero-order valence-corrected chi connectivity index (χ0v) is 16.2. The van der Waals surface area contributed by atoms with E-state index in [1.165, 1.54) is 0 Å². The molecule has 0 amide bonds. The third-order valence-electron chi connectivity index (χ3n) is 3.56. The largest absolute Gasteiger partial charge is 0.497 e. The standard InChI is InChI=1S/C19H23ClN2O3S/c1-23-15-8-9-18(17(20)13-15)25-11-4-2-3-10-24-16-7-5-6-14(12-16)22-19(21)26/h5-9,12-13H,2-4,10-11H2,1H3,(H3,21,22,26). The molecule has 0 spiro atoms. The van der Waals surface area contributed by atoms with Gasteiger partial charge in [0, 0.05) is 17.8 Å². The molecule has 0 atom stereocenters. The molecule has 0 radical (unpaired) electrons. The van der Waals surface area contributed by atoms with E-state index in [4.69, 9.17) is 43.8 Å². The van der Waals surface area contributed by atoms with Crippen LogP contribution < -0.4 is 25.3 Å². The zero-order chi connectivity index (χ0) is 18.8. The molecule has 0 fully saturated rings. The third-order valence-corrected chi connectivity index (χ3v) is 3.95. The Hall–Kier alpha value is -2.18. The number of anilines is 1. The first kappa shape index (κ1) is 20.1. The molecule has 0 saturated carbocycles. The molecule has 2 aromatic carbocycles. The topological polar surface area (TPSA) is 65.7 Å². The fourth-order valence-electron chi connectivity index (χ4n) is 2.28. The van der Waals surface area contributed by atoms with Crippen LogP contribution in [-0.2, 0) is 0 Å². The highest BCUT2D eigenvalue weighted by Gasteiger charge is 2.03. The van der Waals surface area contributed by atoms with Crippen LogP contribution in [0.4, 0.5) is 5.69 Å². The summed E-state index contributed by atoms with van der Waals surface area (Å²) in [6.45, 7) is 1.25. The van der Waals surface area contributed by atoms with Crippen molar-refractivity contribution < 1.29 is 14.2 Å². The Morgan fingerprint density at radius 2 is 1.81 bits per heavy atom. The van der Waals surface area contributed by atoms with Gasteiger partial charge < -0.3 is 25.3 Å². The average molecular weight is 395 g/mol. The molecular weight excluding hydrogens is 372 g/mol. The van der Waals surface area contributed by atoms with Crippen LogP contribution in [0.25, 0.3) is 0 Å². The molecule has 0 aliphatic rings. The number of halogens is 1. The van der Waals surface area contributed by atoms with E-state index in [0.29, 0.717) is 29.7 Å². The van der Waals surface area contributed by atoms with Gasteiger partial charge in [-0.1, -0.05) is 17.7 Å². The molecule has 0 unspecified atom stereocenters. The maximum Gasteiger partial charge on any atom is 0.168 e. The van der Waals surface area contributed by atoms with Crippen molar-refractivity contribution in [2.75, 3.05) is 25.6 Å². The van der Waals surface area contributed by atoms with Crippen molar-refractivity contribution in [3.63, 3.8) is 0 Å². The number of methoxy groups -OCH3 is 1. The molecule has 0 heterocycles. The predicted octanol–water partition coefficient (Wildman–Crippen LogP) is 4.63. The van der Waals surface area contributed by atoms with Gasteiger partial charge >= 0.3 is 0 Å². The van der Waals surface area contributed by atoms with Crippen molar-refractivity contribution in [2.24, 2.45) is 5.73 Å². The summed E-state index contributed by atoms with van der Waals surface area (Å²) < 4.78 is 16.5. The fraction of sp³-hybridized carbons (Fsp3) is 0.316. The van der Waals surface area contributed by atoms with E-state index in [9.17, 15) is 0 Å². The van der Waals surface area contributed by atoms with Gasteiger partial charge in [-0.3, -0.25) is 0 Å². The Morgan fingerprint density at radius 1 is 1.04 bits per heavy atom. The number of rotatable bonds is 10. The maximum atomic E-state index is 6.14. The Balaban J connectivity index is 1.62. The molecule has 2 rings (SSSR count). The summed E-state index contributed by atoms with van der Waals surface area (Å²) in [5.74, 6) is 2.17. The van der Waals surface area contributed by atoms with Crippen LogP contribution in [0.3, 0.4) is 0 Å². The van der Waals surface area contributed by atoms with Crippen LogP contribution in [0.5, 0.6) is 17.2 Å². The molecule has 0 aromatic heterocycles. The van der Waals surface area contributed by atoms with E-state index in [1.807, 2.05) is 36.4 Å². The van der Waals surface area contributed by atoms with E-state index in [-0.39, 0.29) is 5.11 Å². The first-order valence-electron chi connectivity index (χ1n) is 8.34. The number of hydrogen-bond acceptors (Lipinski definition) is 4. The Bertz CT molecular complexity index is 728. The number of thiocarbonyl (C=S) groups is 1. The number of nitrogens with two attached hydrogens (primary N) is 1.